The van der Waals surface area contributed by atoms with Gasteiger partial charge in [-0.25, -0.2) is 0 Å². The number of aryl methyl sites for hydroxylation is 1. The zero-order valence-electron chi connectivity index (χ0n) is 10.2. The molecule has 0 spiro atoms. The van der Waals surface area contributed by atoms with Gasteiger partial charge in [0.25, 0.3) is 0 Å². The molecule has 6 heteroatoms. The van der Waals surface area contributed by atoms with Crippen LogP contribution in [0.2, 0.25) is 5.28 Å². The summed E-state index contributed by atoms with van der Waals surface area (Å²) in [4.78, 5) is 8.23. The Balaban J connectivity index is 1.92. The van der Waals surface area contributed by atoms with Crippen molar-refractivity contribution in [3.63, 3.8) is 0 Å². The molecule has 96 valence electrons. The van der Waals surface area contributed by atoms with Crippen LogP contribution in [0.3, 0.4) is 0 Å². The van der Waals surface area contributed by atoms with Crippen LogP contribution >= 0.6 is 11.6 Å². The van der Waals surface area contributed by atoms with E-state index in [1.54, 1.807) is 17.9 Å². The van der Waals surface area contributed by atoms with E-state index >= 15 is 0 Å². The standard InChI is InChI=1S/C13H11ClN4O/c1-18-11-10(7-15-18)12(17-13(14)16-11)19-8-9-5-3-2-4-6-9/h2-7H,8H2,1H3. The summed E-state index contributed by atoms with van der Waals surface area (Å²) in [5.74, 6) is 0.451. The van der Waals surface area contributed by atoms with Gasteiger partial charge in [0, 0.05) is 7.05 Å². The Labute approximate surface area is 114 Å². The van der Waals surface area contributed by atoms with E-state index in [4.69, 9.17) is 16.3 Å². The number of rotatable bonds is 3. The molecule has 0 fully saturated rings. The van der Waals surface area contributed by atoms with Gasteiger partial charge >= 0.3 is 0 Å². The van der Waals surface area contributed by atoms with Gasteiger partial charge < -0.3 is 4.74 Å². The first-order chi connectivity index (χ1) is 9.24. The molecule has 0 unspecified atom stereocenters. The Hall–Kier alpha value is -2.14. The maximum atomic E-state index is 5.89. The molecule has 5 nitrogen and oxygen atoms in total. The molecule has 0 N–H and O–H groups in total. The molecule has 0 atom stereocenters. The van der Waals surface area contributed by atoms with Crippen LogP contribution in [-0.2, 0) is 13.7 Å². The Morgan fingerprint density at radius 2 is 2.00 bits per heavy atom. The summed E-state index contributed by atoms with van der Waals surface area (Å²) >= 11 is 5.89. The van der Waals surface area contributed by atoms with Crippen LogP contribution in [0.15, 0.2) is 36.5 Å². The first-order valence-electron chi connectivity index (χ1n) is 5.76. The topological polar surface area (TPSA) is 52.8 Å². The highest BCUT2D eigenvalue weighted by Gasteiger charge is 2.11. The summed E-state index contributed by atoms with van der Waals surface area (Å²) in [6.07, 6.45) is 1.67. The van der Waals surface area contributed by atoms with Crippen molar-refractivity contribution >= 4 is 22.6 Å². The van der Waals surface area contributed by atoms with Crippen LogP contribution in [0, 0.1) is 0 Å². The highest BCUT2D eigenvalue weighted by atomic mass is 35.5. The molecule has 0 bridgehead atoms. The summed E-state index contributed by atoms with van der Waals surface area (Å²) < 4.78 is 7.35. The normalized spacial score (nSPS) is 10.8. The summed E-state index contributed by atoms with van der Waals surface area (Å²) in [5, 5.41) is 5.03. The van der Waals surface area contributed by atoms with E-state index in [0.29, 0.717) is 18.1 Å². The Morgan fingerprint density at radius 3 is 2.79 bits per heavy atom. The molecule has 2 aromatic heterocycles. The van der Waals surface area contributed by atoms with Gasteiger partial charge in [0.2, 0.25) is 11.2 Å². The monoisotopic (exact) mass is 274 g/mol. The minimum absolute atomic E-state index is 0.152. The van der Waals surface area contributed by atoms with Crippen molar-refractivity contribution in [3.05, 3.63) is 47.4 Å². The van der Waals surface area contributed by atoms with Gasteiger partial charge in [-0.05, 0) is 17.2 Å². The first kappa shape index (κ1) is 11.9. The highest BCUT2D eigenvalue weighted by Crippen LogP contribution is 2.24. The Kier molecular flexibility index (Phi) is 3.05. The van der Waals surface area contributed by atoms with E-state index in [-0.39, 0.29) is 5.28 Å². The van der Waals surface area contributed by atoms with Crippen molar-refractivity contribution in [1.29, 1.82) is 0 Å². The first-order valence-corrected chi connectivity index (χ1v) is 6.14. The lowest BCUT2D eigenvalue weighted by atomic mass is 10.2. The van der Waals surface area contributed by atoms with Crippen LogP contribution in [0.1, 0.15) is 5.56 Å². The smallest absolute Gasteiger partial charge is 0.229 e. The second-order valence-corrected chi connectivity index (χ2v) is 4.42. The van der Waals surface area contributed by atoms with Crippen molar-refractivity contribution < 1.29 is 4.74 Å². The summed E-state index contributed by atoms with van der Waals surface area (Å²) in [6, 6.07) is 9.87. The Morgan fingerprint density at radius 1 is 1.21 bits per heavy atom. The second kappa shape index (κ2) is 4.85. The van der Waals surface area contributed by atoms with Crippen molar-refractivity contribution in [2.45, 2.75) is 6.61 Å². The van der Waals surface area contributed by atoms with Crippen molar-refractivity contribution in [1.82, 2.24) is 19.7 Å². The van der Waals surface area contributed by atoms with Crippen molar-refractivity contribution in [3.8, 4) is 5.88 Å². The molecule has 0 radical (unpaired) electrons. The van der Waals surface area contributed by atoms with E-state index in [2.05, 4.69) is 15.1 Å². The SMILES string of the molecule is Cn1ncc2c(OCc3ccccc3)nc(Cl)nc21. The maximum Gasteiger partial charge on any atom is 0.229 e. The predicted molar refractivity (Wildman–Crippen MR) is 72.1 cm³/mol. The number of ether oxygens (including phenoxy) is 1. The third-order valence-corrected chi connectivity index (χ3v) is 2.92. The predicted octanol–water partition coefficient (Wildman–Crippen LogP) is 2.60. The molecule has 1 aromatic carbocycles. The zero-order valence-corrected chi connectivity index (χ0v) is 11.0. The molecule has 2 heterocycles. The van der Waals surface area contributed by atoms with Crippen LogP contribution in [0.5, 0.6) is 5.88 Å². The van der Waals surface area contributed by atoms with Crippen LogP contribution < -0.4 is 4.74 Å². The van der Waals surface area contributed by atoms with Gasteiger partial charge in [-0.15, -0.1) is 0 Å². The molecule has 19 heavy (non-hydrogen) atoms. The number of nitrogens with zero attached hydrogens (tertiary/aromatic N) is 4. The quantitative estimate of drug-likeness (QED) is 0.689. The van der Waals surface area contributed by atoms with E-state index in [0.717, 1.165) is 10.9 Å². The zero-order chi connectivity index (χ0) is 13.2. The number of benzene rings is 1. The fourth-order valence-corrected chi connectivity index (χ4v) is 1.96. The molecule has 0 aliphatic heterocycles. The van der Waals surface area contributed by atoms with Crippen molar-refractivity contribution in [2.75, 3.05) is 0 Å². The van der Waals surface area contributed by atoms with E-state index in [1.165, 1.54) is 0 Å². The fourth-order valence-electron chi connectivity index (χ4n) is 1.81. The lowest BCUT2D eigenvalue weighted by molar-refractivity contribution is 0.297. The number of fused-ring (bicyclic) bond motifs is 1. The van der Waals surface area contributed by atoms with E-state index in [9.17, 15) is 0 Å². The minimum Gasteiger partial charge on any atom is -0.472 e. The molecule has 0 amide bonds. The molecule has 0 saturated heterocycles. The summed E-state index contributed by atoms with van der Waals surface area (Å²) in [5.41, 5.74) is 1.72. The van der Waals surface area contributed by atoms with Gasteiger partial charge in [-0.2, -0.15) is 15.1 Å². The van der Waals surface area contributed by atoms with Gasteiger partial charge in [0.05, 0.1) is 6.20 Å². The average molecular weight is 275 g/mol. The lowest BCUT2D eigenvalue weighted by Crippen LogP contribution is -2.00. The lowest BCUT2D eigenvalue weighted by Gasteiger charge is -2.06. The van der Waals surface area contributed by atoms with E-state index < -0.39 is 0 Å². The summed E-state index contributed by atoms with van der Waals surface area (Å²) in [6.45, 7) is 0.429. The maximum absolute atomic E-state index is 5.89. The number of halogens is 1. The average Bonchev–Trinajstić information content (AvgIpc) is 2.79. The molecule has 3 aromatic rings. The van der Waals surface area contributed by atoms with E-state index in [1.807, 2.05) is 30.3 Å². The van der Waals surface area contributed by atoms with Crippen molar-refractivity contribution in [2.24, 2.45) is 7.05 Å². The third kappa shape index (κ3) is 2.37. The Bertz CT molecular complexity index is 711. The largest absolute Gasteiger partial charge is 0.472 e. The molecule has 0 saturated carbocycles. The van der Waals surface area contributed by atoms with Crippen LogP contribution in [0.4, 0.5) is 0 Å². The molecular formula is C13H11ClN4O. The number of hydrogen-bond acceptors (Lipinski definition) is 4. The minimum atomic E-state index is 0.152. The third-order valence-electron chi connectivity index (χ3n) is 2.75. The van der Waals surface area contributed by atoms with Crippen LogP contribution in [0.25, 0.3) is 11.0 Å². The van der Waals surface area contributed by atoms with Gasteiger partial charge in [0.1, 0.15) is 12.0 Å². The molecule has 0 aliphatic carbocycles. The molecule has 3 rings (SSSR count). The summed E-state index contributed by atoms with van der Waals surface area (Å²) in [7, 11) is 1.80. The molecular weight excluding hydrogens is 264 g/mol. The second-order valence-electron chi connectivity index (χ2n) is 4.08. The van der Waals surface area contributed by atoms with Gasteiger partial charge in [-0.1, -0.05) is 30.3 Å². The van der Waals surface area contributed by atoms with Gasteiger partial charge in [-0.3, -0.25) is 4.68 Å². The van der Waals surface area contributed by atoms with Crippen LogP contribution in [-0.4, -0.2) is 19.7 Å². The highest BCUT2D eigenvalue weighted by molar-refractivity contribution is 6.28. The number of hydrogen-bond donors (Lipinski definition) is 0. The molecule has 0 aliphatic rings. The number of aromatic nitrogens is 4. The fraction of sp³-hybridized carbons (Fsp3) is 0.154. The van der Waals surface area contributed by atoms with Gasteiger partial charge in [0.15, 0.2) is 5.65 Å².